The SMILES string of the molecule is CC(F)(F)Oc1ccc(NC(=O)c2cnc(Cl)c(Br)c2)cc1. The van der Waals surface area contributed by atoms with Gasteiger partial charge in [-0.2, -0.15) is 8.78 Å². The first kappa shape index (κ1) is 16.6. The Bertz CT molecular complexity index is 690. The number of amides is 1. The van der Waals surface area contributed by atoms with E-state index in [1.807, 2.05) is 0 Å². The van der Waals surface area contributed by atoms with E-state index in [0.29, 0.717) is 22.6 Å². The smallest absolute Gasteiger partial charge is 0.394 e. The van der Waals surface area contributed by atoms with Gasteiger partial charge in [0.05, 0.1) is 10.0 Å². The fourth-order valence-corrected chi connectivity index (χ4v) is 2.01. The van der Waals surface area contributed by atoms with Crippen molar-refractivity contribution in [3.8, 4) is 5.75 Å². The highest BCUT2D eigenvalue weighted by Gasteiger charge is 2.22. The zero-order chi connectivity index (χ0) is 16.3. The summed E-state index contributed by atoms with van der Waals surface area (Å²) in [6.07, 6.45) is -1.93. The molecule has 1 N–H and O–H groups in total. The molecule has 2 aromatic rings. The Morgan fingerprint density at radius 3 is 2.55 bits per heavy atom. The van der Waals surface area contributed by atoms with Crippen LogP contribution in [0.5, 0.6) is 5.75 Å². The molecule has 0 unspecified atom stereocenters. The number of aromatic nitrogens is 1. The van der Waals surface area contributed by atoms with Gasteiger partial charge in [0.15, 0.2) is 0 Å². The number of hydrogen-bond donors (Lipinski definition) is 1. The van der Waals surface area contributed by atoms with E-state index in [9.17, 15) is 13.6 Å². The van der Waals surface area contributed by atoms with Crippen LogP contribution in [0, 0.1) is 0 Å². The molecule has 22 heavy (non-hydrogen) atoms. The van der Waals surface area contributed by atoms with Gasteiger partial charge in [-0.15, -0.1) is 0 Å². The van der Waals surface area contributed by atoms with Crippen LogP contribution >= 0.6 is 27.5 Å². The summed E-state index contributed by atoms with van der Waals surface area (Å²) in [5, 5.41) is 2.86. The van der Waals surface area contributed by atoms with E-state index in [0.717, 1.165) is 0 Å². The predicted molar refractivity (Wildman–Crippen MR) is 82.6 cm³/mol. The maximum atomic E-state index is 12.7. The summed E-state index contributed by atoms with van der Waals surface area (Å²) in [4.78, 5) is 15.9. The summed E-state index contributed by atoms with van der Waals surface area (Å²) >= 11 is 8.93. The Kier molecular flexibility index (Phi) is 4.97. The van der Waals surface area contributed by atoms with Crippen LogP contribution in [0.2, 0.25) is 5.15 Å². The van der Waals surface area contributed by atoms with Crippen molar-refractivity contribution in [1.29, 1.82) is 0 Å². The number of halogens is 4. The summed E-state index contributed by atoms with van der Waals surface area (Å²) < 4.78 is 30.3. The van der Waals surface area contributed by atoms with E-state index in [1.54, 1.807) is 0 Å². The van der Waals surface area contributed by atoms with E-state index in [1.165, 1.54) is 36.5 Å². The molecule has 0 fully saturated rings. The molecule has 116 valence electrons. The first-order valence-corrected chi connectivity index (χ1v) is 7.21. The number of nitrogens with zero attached hydrogens (tertiary/aromatic N) is 1. The number of anilines is 1. The monoisotopic (exact) mass is 390 g/mol. The summed E-state index contributed by atoms with van der Waals surface area (Å²) in [6, 6.07) is 7.11. The van der Waals surface area contributed by atoms with Crippen LogP contribution < -0.4 is 10.1 Å². The second kappa shape index (κ2) is 6.58. The molecule has 1 aromatic carbocycles. The van der Waals surface area contributed by atoms with Crippen molar-refractivity contribution < 1.29 is 18.3 Å². The fourth-order valence-electron chi connectivity index (χ4n) is 1.56. The minimum Gasteiger partial charge on any atom is -0.433 e. The largest absolute Gasteiger partial charge is 0.433 e. The van der Waals surface area contributed by atoms with Gasteiger partial charge in [-0.3, -0.25) is 4.79 Å². The van der Waals surface area contributed by atoms with E-state index >= 15 is 0 Å². The van der Waals surface area contributed by atoms with Crippen molar-refractivity contribution in [2.24, 2.45) is 0 Å². The third kappa shape index (κ3) is 4.64. The molecule has 0 radical (unpaired) electrons. The molecule has 0 aliphatic heterocycles. The van der Waals surface area contributed by atoms with E-state index in [4.69, 9.17) is 11.6 Å². The lowest BCUT2D eigenvalue weighted by Gasteiger charge is -2.13. The van der Waals surface area contributed by atoms with Crippen molar-refractivity contribution in [1.82, 2.24) is 4.98 Å². The molecule has 8 heteroatoms. The van der Waals surface area contributed by atoms with E-state index < -0.39 is 12.0 Å². The van der Waals surface area contributed by atoms with Crippen LogP contribution in [0.25, 0.3) is 0 Å². The molecular weight excluding hydrogens is 382 g/mol. The Morgan fingerprint density at radius 2 is 2.00 bits per heavy atom. The average molecular weight is 392 g/mol. The van der Waals surface area contributed by atoms with Gasteiger partial charge in [-0.05, 0) is 46.3 Å². The molecule has 0 saturated carbocycles. The Hall–Kier alpha value is -1.73. The van der Waals surface area contributed by atoms with Crippen molar-refractivity contribution in [3.05, 3.63) is 51.7 Å². The van der Waals surface area contributed by atoms with Crippen LogP contribution in [-0.2, 0) is 0 Å². The molecule has 1 heterocycles. The zero-order valence-corrected chi connectivity index (χ0v) is 13.6. The number of pyridine rings is 1. The molecule has 0 aliphatic carbocycles. The molecule has 1 aromatic heterocycles. The molecule has 0 atom stereocenters. The van der Waals surface area contributed by atoms with Crippen LogP contribution in [0.15, 0.2) is 41.0 Å². The van der Waals surface area contributed by atoms with Gasteiger partial charge < -0.3 is 10.1 Å². The van der Waals surface area contributed by atoms with Crippen molar-refractivity contribution in [3.63, 3.8) is 0 Å². The quantitative estimate of drug-likeness (QED) is 0.766. The number of benzene rings is 1. The predicted octanol–water partition coefficient (Wildman–Crippen LogP) is 4.74. The van der Waals surface area contributed by atoms with Gasteiger partial charge in [0.2, 0.25) is 0 Å². The third-order valence-electron chi connectivity index (χ3n) is 2.47. The number of carbonyl (C=O) groups is 1. The first-order chi connectivity index (χ1) is 10.2. The van der Waals surface area contributed by atoms with Crippen LogP contribution in [0.1, 0.15) is 17.3 Å². The van der Waals surface area contributed by atoms with Crippen LogP contribution in [0.4, 0.5) is 14.5 Å². The summed E-state index contributed by atoms with van der Waals surface area (Å²) in [6.45, 7) is 0.647. The minimum absolute atomic E-state index is 0.00130. The number of hydrogen-bond acceptors (Lipinski definition) is 3. The Balaban J connectivity index is 2.07. The third-order valence-corrected chi connectivity index (χ3v) is 3.60. The minimum atomic E-state index is -3.26. The summed E-state index contributed by atoms with van der Waals surface area (Å²) in [7, 11) is 0. The van der Waals surface area contributed by atoms with Crippen molar-refractivity contribution in [2.45, 2.75) is 13.0 Å². The number of alkyl halides is 2. The second-order valence-corrected chi connectivity index (χ2v) is 5.60. The normalized spacial score (nSPS) is 11.1. The van der Waals surface area contributed by atoms with E-state index in [-0.39, 0.29) is 10.9 Å². The average Bonchev–Trinajstić information content (AvgIpc) is 2.42. The lowest BCUT2D eigenvalue weighted by molar-refractivity contribution is -0.158. The molecule has 0 bridgehead atoms. The van der Waals surface area contributed by atoms with E-state index in [2.05, 4.69) is 31.0 Å². The zero-order valence-electron chi connectivity index (χ0n) is 11.2. The summed E-state index contributed by atoms with van der Waals surface area (Å²) in [5.74, 6) is -0.402. The van der Waals surface area contributed by atoms with Gasteiger partial charge in [0.1, 0.15) is 10.9 Å². The highest BCUT2D eigenvalue weighted by molar-refractivity contribution is 9.10. The molecule has 4 nitrogen and oxygen atoms in total. The number of carbonyl (C=O) groups excluding carboxylic acids is 1. The van der Waals surface area contributed by atoms with Gasteiger partial charge in [0.25, 0.3) is 5.91 Å². The molecule has 0 spiro atoms. The number of nitrogens with one attached hydrogen (secondary N) is 1. The van der Waals surface area contributed by atoms with Gasteiger partial charge >= 0.3 is 6.11 Å². The highest BCUT2D eigenvalue weighted by atomic mass is 79.9. The second-order valence-electron chi connectivity index (χ2n) is 4.39. The standard InChI is InChI=1S/C14H10BrClF2N2O2/c1-14(17,18)22-10-4-2-9(3-5-10)20-13(21)8-6-11(15)12(16)19-7-8/h2-7H,1H3,(H,20,21). The van der Waals surface area contributed by atoms with Gasteiger partial charge in [-0.1, -0.05) is 11.6 Å². The van der Waals surface area contributed by atoms with Crippen LogP contribution in [-0.4, -0.2) is 17.0 Å². The maximum Gasteiger partial charge on any atom is 0.394 e. The Morgan fingerprint density at radius 1 is 1.36 bits per heavy atom. The molecular formula is C14H10BrClF2N2O2. The first-order valence-electron chi connectivity index (χ1n) is 6.04. The summed E-state index contributed by atoms with van der Waals surface area (Å²) in [5.41, 5.74) is 0.736. The maximum absolute atomic E-state index is 12.7. The molecule has 0 aliphatic rings. The number of ether oxygens (including phenoxy) is 1. The Labute approximate surface area is 138 Å². The van der Waals surface area contributed by atoms with Crippen molar-refractivity contribution >= 4 is 39.1 Å². The highest BCUT2D eigenvalue weighted by Crippen LogP contribution is 2.24. The topological polar surface area (TPSA) is 51.2 Å². The van der Waals surface area contributed by atoms with Gasteiger partial charge in [0, 0.05) is 18.8 Å². The van der Waals surface area contributed by atoms with Gasteiger partial charge in [-0.25, -0.2) is 4.98 Å². The molecule has 0 saturated heterocycles. The lowest BCUT2D eigenvalue weighted by atomic mass is 10.2. The van der Waals surface area contributed by atoms with Crippen molar-refractivity contribution in [2.75, 3.05) is 5.32 Å². The molecule has 2 rings (SSSR count). The number of rotatable bonds is 4. The lowest BCUT2D eigenvalue weighted by Crippen LogP contribution is -2.19. The van der Waals surface area contributed by atoms with Crippen LogP contribution in [0.3, 0.4) is 0 Å². The molecule has 1 amide bonds. The fraction of sp³-hybridized carbons (Fsp3) is 0.143.